The fourth-order valence-corrected chi connectivity index (χ4v) is 2.84. The minimum atomic E-state index is -0.475. The highest BCUT2D eigenvalue weighted by molar-refractivity contribution is 5.65. The number of aromatic nitrogens is 3. The van der Waals surface area contributed by atoms with Crippen LogP contribution in [-0.4, -0.2) is 14.5 Å². The van der Waals surface area contributed by atoms with Crippen LogP contribution in [0.15, 0.2) is 12.1 Å². The molecule has 2 aromatic heterocycles. The topological polar surface area (TPSA) is 39.9 Å². The van der Waals surface area contributed by atoms with Crippen LogP contribution < -0.4 is 4.74 Å². The van der Waals surface area contributed by atoms with E-state index in [1.807, 2.05) is 6.92 Å². The molecule has 0 saturated carbocycles. The Balaban J connectivity index is 2.25. The van der Waals surface area contributed by atoms with E-state index in [9.17, 15) is 0 Å². The molecule has 0 atom stereocenters. The van der Waals surface area contributed by atoms with E-state index >= 15 is 0 Å². The number of hydrogen-bond donors (Lipinski definition) is 0. The number of imidazole rings is 1. The summed E-state index contributed by atoms with van der Waals surface area (Å²) in [5.41, 5.74) is 3.71. The van der Waals surface area contributed by atoms with Crippen LogP contribution >= 0.6 is 0 Å². The number of fused-ring (bicyclic) bond motifs is 3. The Bertz CT molecular complexity index is 720. The summed E-state index contributed by atoms with van der Waals surface area (Å²) < 4.78 is 8.34. The first-order valence-electron chi connectivity index (χ1n) is 7.38. The molecule has 0 bridgehead atoms. The van der Waals surface area contributed by atoms with Gasteiger partial charge in [-0.2, -0.15) is 0 Å². The Morgan fingerprint density at radius 1 is 1.10 bits per heavy atom. The van der Waals surface area contributed by atoms with Crippen molar-refractivity contribution in [2.45, 2.75) is 59.6 Å². The van der Waals surface area contributed by atoms with Gasteiger partial charge in [0.05, 0.1) is 11.3 Å². The molecule has 1 aliphatic heterocycles. The van der Waals surface area contributed by atoms with E-state index in [0.717, 1.165) is 28.5 Å². The van der Waals surface area contributed by atoms with Gasteiger partial charge in [-0.3, -0.25) is 4.57 Å². The summed E-state index contributed by atoms with van der Waals surface area (Å²) in [4.78, 5) is 9.46. The molecule has 0 aromatic carbocycles. The highest BCUT2D eigenvalue weighted by Crippen LogP contribution is 2.41. The van der Waals surface area contributed by atoms with Crippen molar-refractivity contribution in [2.24, 2.45) is 0 Å². The van der Waals surface area contributed by atoms with E-state index < -0.39 is 5.72 Å². The number of ether oxygens (including phenoxy) is 1. The van der Waals surface area contributed by atoms with Crippen LogP contribution in [0.1, 0.15) is 51.7 Å². The molecule has 112 valence electrons. The van der Waals surface area contributed by atoms with E-state index in [4.69, 9.17) is 14.7 Å². The smallest absolute Gasteiger partial charge is 0.226 e. The van der Waals surface area contributed by atoms with Gasteiger partial charge in [0.2, 0.25) is 5.88 Å². The zero-order valence-electron chi connectivity index (χ0n) is 13.9. The Labute approximate surface area is 126 Å². The quantitative estimate of drug-likeness (QED) is 0.736. The van der Waals surface area contributed by atoms with E-state index in [1.54, 1.807) is 0 Å². The average Bonchev–Trinajstić information content (AvgIpc) is 2.64. The van der Waals surface area contributed by atoms with Crippen molar-refractivity contribution in [3.05, 3.63) is 29.2 Å². The second kappa shape index (κ2) is 4.09. The first-order valence-corrected chi connectivity index (χ1v) is 7.38. The van der Waals surface area contributed by atoms with Gasteiger partial charge in [0.1, 0.15) is 5.82 Å². The predicted molar refractivity (Wildman–Crippen MR) is 83.6 cm³/mol. The van der Waals surface area contributed by atoms with Crippen molar-refractivity contribution in [1.82, 2.24) is 14.5 Å². The van der Waals surface area contributed by atoms with Gasteiger partial charge in [-0.05, 0) is 39.8 Å². The van der Waals surface area contributed by atoms with Crippen LogP contribution in [0, 0.1) is 13.8 Å². The highest BCUT2D eigenvalue weighted by atomic mass is 16.5. The molecule has 3 heterocycles. The van der Waals surface area contributed by atoms with Gasteiger partial charge in [0.15, 0.2) is 5.72 Å². The fourth-order valence-electron chi connectivity index (χ4n) is 2.84. The summed E-state index contributed by atoms with van der Waals surface area (Å²) in [5.74, 6) is 1.63. The second-order valence-corrected chi connectivity index (χ2v) is 7.29. The van der Waals surface area contributed by atoms with Gasteiger partial charge in [0, 0.05) is 16.8 Å². The number of aryl methyl sites for hydroxylation is 1. The molecule has 1 aliphatic rings. The summed E-state index contributed by atoms with van der Waals surface area (Å²) in [5, 5.41) is 0. The lowest BCUT2D eigenvalue weighted by molar-refractivity contribution is 0.0192. The van der Waals surface area contributed by atoms with E-state index in [0.29, 0.717) is 5.88 Å². The first kappa shape index (κ1) is 14.1. The standard InChI is InChI=1S/C17H23N3O/c1-10-11(2)20-14(18-10)12-8-9-13(16(3,4)5)19-15(12)21-17(20,6)7/h8-9H,1-7H3. The molecule has 0 spiro atoms. The van der Waals surface area contributed by atoms with E-state index in [2.05, 4.69) is 58.2 Å². The maximum Gasteiger partial charge on any atom is 0.226 e. The molecule has 2 aromatic rings. The maximum absolute atomic E-state index is 6.19. The van der Waals surface area contributed by atoms with Gasteiger partial charge in [-0.25, -0.2) is 9.97 Å². The number of pyridine rings is 1. The molecule has 0 amide bonds. The molecule has 0 saturated heterocycles. The zero-order chi connectivity index (χ0) is 15.6. The largest absolute Gasteiger partial charge is 0.451 e. The molecule has 3 rings (SSSR count). The summed E-state index contributed by atoms with van der Waals surface area (Å²) in [6.45, 7) is 14.7. The normalized spacial score (nSPS) is 16.1. The third kappa shape index (κ3) is 2.04. The van der Waals surface area contributed by atoms with Crippen LogP contribution in [0.5, 0.6) is 5.88 Å². The van der Waals surface area contributed by atoms with Crippen LogP contribution in [-0.2, 0) is 11.1 Å². The highest BCUT2D eigenvalue weighted by Gasteiger charge is 2.36. The summed E-state index contributed by atoms with van der Waals surface area (Å²) in [6, 6.07) is 4.15. The molecule has 0 fully saturated rings. The Kier molecular flexibility index (Phi) is 2.75. The molecule has 0 radical (unpaired) electrons. The van der Waals surface area contributed by atoms with Crippen LogP contribution in [0.2, 0.25) is 0 Å². The molecule has 0 N–H and O–H groups in total. The summed E-state index contributed by atoms with van der Waals surface area (Å²) >= 11 is 0. The van der Waals surface area contributed by atoms with Gasteiger partial charge in [-0.15, -0.1) is 0 Å². The van der Waals surface area contributed by atoms with Crippen LogP contribution in [0.4, 0.5) is 0 Å². The zero-order valence-corrected chi connectivity index (χ0v) is 13.9. The Morgan fingerprint density at radius 2 is 1.76 bits per heavy atom. The second-order valence-electron chi connectivity index (χ2n) is 7.29. The number of nitrogens with zero attached hydrogens (tertiary/aromatic N) is 3. The van der Waals surface area contributed by atoms with Crippen molar-refractivity contribution >= 4 is 0 Å². The minimum absolute atomic E-state index is 0.00123. The van der Waals surface area contributed by atoms with Gasteiger partial charge >= 0.3 is 0 Å². The maximum atomic E-state index is 6.19. The SMILES string of the molecule is Cc1nc2n(c1C)C(C)(C)Oc1nc(C(C)(C)C)ccc1-2. The van der Waals surface area contributed by atoms with Gasteiger partial charge in [-0.1, -0.05) is 20.8 Å². The third-order valence-corrected chi connectivity index (χ3v) is 4.10. The molecule has 0 aliphatic carbocycles. The molecular formula is C17H23N3O. The molecular weight excluding hydrogens is 262 g/mol. The number of hydrogen-bond acceptors (Lipinski definition) is 3. The minimum Gasteiger partial charge on any atom is -0.451 e. The third-order valence-electron chi connectivity index (χ3n) is 4.10. The van der Waals surface area contributed by atoms with Crippen molar-refractivity contribution in [3.63, 3.8) is 0 Å². The molecule has 4 heteroatoms. The predicted octanol–water partition coefficient (Wildman–Crippen LogP) is 3.94. The first-order chi connectivity index (χ1) is 9.61. The lowest BCUT2D eigenvalue weighted by Gasteiger charge is -2.35. The number of rotatable bonds is 0. The summed E-state index contributed by atoms with van der Waals surface area (Å²) in [6.07, 6.45) is 0. The van der Waals surface area contributed by atoms with Crippen molar-refractivity contribution in [2.75, 3.05) is 0 Å². The van der Waals surface area contributed by atoms with Crippen molar-refractivity contribution in [3.8, 4) is 17.3 Å². The monoisotopic (exact) mass is 285 g/mol. The lowest BCUT2D eigenvalue weighted by Crippen LogP contribution is -2.38. The average molecular weight is 285 g/mol. The molecule has 4 nitrogen and oxygen atoms in total. The molecule has 0 unspecified atom stereocenters. The van der Waals surface area contributed by atoms with Crippen LogP contribution in [0.25, 0.3) is 11.4 Å². The fraction of sp³-hybridized carbons (Fsp3) is 0.529. The van der Waals surface area contributed by atoms with E-state index in [1.165, 1.54) is 0 Å². The Morgan fingerprint density at radius 3 is 2.38 bits per heavy atom. The lowest BCUT2D eigenvalue weighted by atomic mass is 9.91. The van der Waals surface area contributed by atoms with Gasteiger partial charge in [0.25, 0.3) is 0 Å². The Hall–Kier alpha value is -1.84. The summed E-state index contributed by atoms with van der Waals surface area (Å²) in [7, 11) is 0. The van der Waals surface area contributed by atoms with Crippen molar-refractivity contribution in [1.29, 1.82) is 0 Å². The van der Waals surface area contributed by atoms with E-state index in [-0.39, 0.29) is 5.41 Å². The van der Waals surface area contributed by atoms with Gasteiger partial charge < -0.3 is 4.74 Å². The van der Waals surface area contributed by atoms with Crippen LogP contribution in [0.3, 0.4) is 0 Å². The molecule has 21 heavy (non-hydrogen) atoms. The van der Waals surface area contributed by atoms with Crippen molar-refractivity contribution < 1.29 is 4.74 Å².